The first kappa shape index (κ1) is 27.2. The van der Waals surface area contributed by atoms with Crippen molar-refractivity contribution in [1.82, 2.24) is 5.01 Å². The molecule has 5 nitrogen and oxygen atoms in total. The average Bonchev–Trinajstić information content (AvgIpc) is 2.76. The minimum absolute atomic E-state index is 0.0211. The maximum Gasteiger partial charge on any atom is 0.224 e. The lowest BCUT2D eigenvalue weighted by molar-refractivity contribution is -0.116. The van der Waals surface area contributed by atoms with Gasteiger partial charge in [0.05, 0.1) is 23.6 Å². The molecule has 2 aromatic rings. The number of rotatable bonds is 1. The molecule has 2 aromatic carbocycles. The van der Waals surface area contributed by atoms with Gasteiger partial charge in [-0.3, -0.25) is 4.79 Å². The molecule has 0 fully saturated rings. The van der Waals surface area contributed by atoms with E-state index in [-0.39, 0.29) is 5.91 Å². The van der Waals surface area contributed by atoms with E-state index in [4.69, 9.17) is 11.6 Å². The lowest BCUT2D eigenvalue weighted by Gasteiger charge is -2.31. The summed E-state index contributed by atoms with van der Waals surface area (Å²) in [6.45, 7) is 16.1. The molecule has 0 atom stereocenters. The number of fused-ring (bicyclic) bond motifs is 2. The molecule has 166 valence electrons. The fraction of sp³-hybridized carbons (Fsp3) is 0.400. The van der Waals surface area contributed by atoms with Gasteiger partial charge in [0.25, 0.3) is 0 Å². The Morgan fingerprint density at radius 1 is 0.967 bits per heavy atom. The number of carbonyl (C=O) groups excluding carboxylic acids is 1. The largest absolute Gasteiger partial charge is 0.396 e. The third-order valence-electron chi connectivity index (χ3n) is 4.32. The summed E-state index contributed by atoms with van der Waals surface area (Å²) in [5, 5.41) is 1.55. The van der Waals surface area contributed by atoms with E-state index in [2.05, 4.69) is 6.07 Å². The predicted octanol–water partition coefficient (Wildman–Crippen LogP) is 5.53. The second-order valence-electron chi connectivity index (χ2n) is 6.16. The summed E-state index contributed by atoms with van der Waals surface area (Å²) >= 11 is 0. The number of anilines is 1. The number of para-hydroxylation sites is 1. The van der Waals surface area contributed by atoms with Crippen molar-refractivity contribution in [1.29, 1.82) is 0 Å². The summed E-state index contributed by atoms with van der Waals surface area (Å²) in [7, 11) is 1.78. The maximum atomic E-state index is 12.3. The third kappa shape index (κ3) is 6.10. The van der Waals surface area contributed by atoms with Crippen LogP contribution in [0.3, 0.4) is 0 Å². The molecule has 0 saturated carbocycles. The number of nitrogens with two attached hydrogens (primary N) is 2. The van der Waals surface area contributed by atoms with E-state index in [1.54, 1.807) is 23.9 Å². The van der Waals surface area contributed by atoms with Gasteiger partial charge in [-0.25, -0.2) is 5.84 Å². The van der Waals surface area contributed by atoms with Crippen LogP contribution in [0.1, 0.15) is 70.7 Å². The highest BCUT2D eigenvalue weighted by atomic mass is 16.2. The van der Waals surface area contributed by atoms with Gasteiger partial charge in [0.2, 0.25) is 5.91 Å². The van der Waals surface area contributed by atoms with E-state index in [1.165, 1.54) is 0 Å². The molecule has 3 rings (SSSR count). The fourth-order valence-corrected chi connectivity index (χ4v) is 3.21. The van der Waals surface area contributed by atoms with Crippen LogP contribution in [-0.4, -0.2) is 18.0 Å². The molecule has 0 radical (unpaired) electrons. The molecule has 5 heteroatoms. The van der Waals surface area contributed by atoms with Gasteiger partial charge < -0.3 is 15.6 Å². The first-order valence-electron chi connectivity index (χ1n) is 10.9. The Kier molecular flexibility index (Phi) is 12.2. The van der Waals surface area contributed by atoms with Crippen LogP contribution in [0.25, 0.3) is 11.4 Å². The van der Waals surface area contributed by atoms with Crippen LogP contribution in [0.2, 0.25) is 0 Å². The van der Waals surface area contributed by atoms with Crippen molar-refractivity contribution in [3.8, 4) is 0 Å². The number of aryl methyl sites for hydroxylation is 1. The Bertz CT molecular complexity index is 841. The van der Waals surface area contributed by atoms with Crippen molar-refractivity contribution < 1.29 is 4.79 Å². The molecular formula is C25H40N4O. The molecule has 0 aromatic heterocycles. The van der Waals surface area contributed by atoms with E-state index < -0.39 is 0 Å². The average molecular weight is 413 g/mol. The summed E-state index contributed by atoms with van der Waals surface area (Å²) in [6.07, 6.45) is 0. The lowest BCUT2D eigenvalue weighted by Crippen LogP contribution is -2.33. The topological polar surface area (TPSA) is 75.6 Å². The van der Waals surface area contributed by atoms with E-state index in [9.17, 15) is 4.79 Å². The van der Waals surface area contributed by atoms with E-state index >= 15 is 0 Å². The SMILES string of the molecule is CC.CC.CC.CC(=O)N1Cc2cc(C)ccc2/C(N(C)N)=C(/N)c2ccccc21. The minimum atomic E-state index is -0.0211. The Balaban J connectivity index is 0.00000129. The number of hydrogen-bond acceptors (Lipinski definition) is 4. The molecular weight excluding hydrogens is 372 g/mol. The van der Waals surface area contributed by atoms with Crippen LogP contribution in [0, 0.1) is 6.92 Å². The smallest absolute Gasteiger partial charge is 0.224 e. The van der Waals surface area contributed by atoms with Gasteiger partial charge in [-0.2, -0.15) is 0 Å². The van der Waals surface area contributed by atoms with Crippen LogP contribution < -0.4 is 16.5 Å². The molecule has 0 unspecified atom stereocenters. The second-order valence-corrected chi connectivity index (χ2v) is 6.16. The standard InChI is InChI=1S/C19H22N4O.3C2H6/c1-12-8-9-15-14(10-12)11-23(13(2)24)17-7-5-4-6-16(17)18(20)19(15)22(3)21;3*1-2/h4-10H,11,20-21H2,1-3H3;3*1-2H3/b19-18-;;;. The zero-order valence-corrected chi connectivity index (χ0v) is 20.2. The summed E-state index contributed by atoms with van der Waals surface area (Å²) in [4.78, 5) is 14.0. The van der Waals surface area contributed by atoms with Crippen LogP contribution in [0.4, 0.5) is 5.69 Å². The number of carbonyl (C=O) groups is 1. The Morgan fingerprint density at radius 3 is 2.07 bits per heavy atom. The van der Waals surface area contributed by atoms with Crippen LogP contribution in [0.5, 0.6) is 0 Å². The molecule has 0 aliphatic carbocycles. The summed E-state index contributed by atoms with van der Waals surface area (Å²) in [6, 6.07) is 13.8. The highest BCUT2D eigenvalue weighted by molar-refractivity contribution is 6.00. The lowest BCUT2D eigenvalue weighted by atomic mass is 9.94. The molecule has 0 saturated heterocycles. The van der Waals surface area contributed by atoms with Crippen molar-refractivity contribution in [2.45, 2.75) is 61.9 Å². The number of nitrogens with zero attached hydrogens (tertiary/aromatic N) is 2. The summed E-state index contributed by atoms with van der Waals surface area (Å²) in [5.74, 6) is 6.08. The highest BCUT2D eigenvalue weighted by Crippen LogP contribution is 2.36. The van der Waals surface area contributed by atoms with Gasteiger partial charge in [0.1, 0.15) is 0 Å². The summed E-state index contributed by atoms with van der Waals surface area (Å²) < 4.78 is 0. The monoisotopic (exact) mass is 412 g/mol. The van der Waals surface area contributed by atoms with Crippen molar-refractivity contribution in [3.05, 3.63) is 64.7 Å². The summed E-state index contributed by atoms with van der Waals surface area (Å²) in [5.41, 5.74) is 12.5. The number of amides is 1. The molecule has 1 aliphatic rings. The van der Waals surface area contributed by atoms with Crippen molar-refractivity contribution >= 4 is 23.0 Å². The molecule has 1 aliphatic heterocycles. The quantitative estimate of drug-likeness (QED) is 0.477. The normalized spacial score (nSPS) is 14.0. The first-order chi connectivity index (χ1) is 14.4. The minimum Gasteiger partial charge on any atom is -0.396 e. The zero-order chi connectivity index (χ0) is 23.4. The molecule has 1 amide bonds. The fourth-order valence-electron chi connectivity index (χ4n) is 3.21. The van der Waals surface area contributed by atoms with Crippen molar-refractivity contribution in [2.75, 3.05) is 11.9 Å². The van der Waals surface area contributed by atoms with Gasteiger partial charge in [-0.1, -0.05) is 83.5 Å². The van der Waals surface area contributed by atoms with Crippen LogP contribution in [-0.2, 0) is 11.3 Å². The number of hydrogen-bond donors (Lipinski definition) is 2. The molecule has 0 bridgehead atoms. The van der Waals surface area contributed by atoms with E-state index in [0.717, 1.165) is 33.6 Å². The molecule has 0 spiro atoms. The zero-order valence-electron chi connectivity index (χ0n) is 20.2. The van der Waals surface area contributed by atoms with Gasteiger partial charge in [-0.05, 0) is 18.6 Å². The second kappa shape index (κ2) is 13.4. The third-order valence-corrected chi connectivity index (χ3v) is 4.32. The predicted molar refractivity (Wildman–Crippen MR) is 131 cm³/mol. The first-order valence-corrected chi connectivity index (χ1v) is 10.9. The van der Waals surface area contributed by atoms with E-state index in [1.807, 2.05) is 84.9 Å². The van der Waals surface area contributed by atoms with E-state index in [0.29, 0.717) is 12.2 Å². The van der Waals surface area contributed by atoms with Gasteiger partial charge in [0, 0.05) is 25.1 Å². The Morgan fingerprint density at radius 2 is 1.53 bits per heavy atom. The number of hydrazine groups is 1. The Labute approximate surface area is 183 Å². The number of benzene rings is 2. The van der Waals surface area contributed by atoms with Crippen molar-refractivity contribution in [3.63, 3.8) is 0 Å². The Hall–Kier alpha value is -2.79. The van der Waals surface area contributed by atoms with Crippen LogP contribution in [0.15, 0.2) is 42.5 Å². The molecule has 1 heterocycles. The van der Waals surface area contributed by atoms with Crippen molar-refractivity contribution in [2.24, 2.45) is 11.6 Å². The van der Waals surface area contributed by atoms with Gasteiger partial charge in [-0.15, -0.1) is 0 Å². The van der Waals surface area contributed by atoms with Crippen LogP contribution >= 0.6 is 0 Å². The molecule has 30 heavy (non-hydrogen) atoms. The maximum absolute atomic E-state index is 12.3. The van der Waals surface area contributed by atoms with Gasteiger partial charge in [0.15, 0.2) is 0 Å². The molecule has 4 N–H and O–H groups in total. The highest BCUT2D eigenvalue weighted by Gasteiger charge is 2.25. The van der Waals surface area contributed by atoms with Gasteiger partial charge >= 0.3 is 0 Å².